The van der Waals surface area contributed by atoms with E-state index in [0.29, 0.717) is 27.1 Å². The third-order valence-corrected chi connectivity index (χ3v) is 4.58. The SMILES string of the molecule is C[I-]C(C)C(C)/C=C/N. The summed E-state index contributed by atoms with van der Waals surface area (Å²) in [4.78, 5) is 2.31. The first-order chi connectivity index (χ1) is 4.22. The molecule has 0 saturated carbocycles. The predicted molar refractivity (Wildman–Crippen MR) is 37.9 cm³/mol. The van der Waals surface area contributed by atoms with E-state index in [0.717, 1.165) is 3.92 Å². The van der Waals surface area contributed by atoms with Gasteiger partial charge in [-0.3, -0.25) is 0 Å². The summed E-state index contributed by atoms with van der Waals surface area (Å²) in [5, 5.41) is 0. The zero-order chi connectivity index (χ0) is 7.28. The van der Waals surface area contributed by atoms with Gasteiger partial charge < -0.3 is 0 Å². The van der Waals surface area contributed by atoms with Crippen molar-refractivity contribution in [1.82, 2.24) is 0 Å². The molecule has 0 aromatic rings. The molecule has 0 aromatic carbocycles. The fourth-order valence-electron chi connectivity index (χ4n) is 0.527. The summed E-state index contributed by atoms with van der Waals surface area (Å²) in [6.45, 7) is 4.51. The van der Waals surface area contributed by atoms with Gasteiger partial charge in [0.25, 0.3) is 0 Å². The zero-order valence-corrected chi connectivity index (χ0v) is 8.42. The van der Waals surface area contributed by atoms with Crippen LogP contribution in [0.15, 0.2) is 12.3 Å². The van der Waals surface area contributed by atoms with Crippen LogP contribution in [-0.4, -0.2) is 8.86 Å². The summed E-state index contributed by atoms with van der Waals surface area (Å²) in [6, 6.07) is 0. The van der Waals surface area contributed by atoms with Crippen LogP contribution < -0.4 is 26.9 Å². The molecule has 56 valence electrons. The summed E-state index contributed by atoms with van der Waals surface area (Å²) in [5.41, 5.74) is 5.25. The Kier molecular flexibility index (Phi) is 5.24. The van der Waals surface area contributed by atoms with Gasteiger partial charge in [0.05, 0.1) is 0 Å². The second-order valence-electron chi connectivity index (χ2n) is 2.14. The van der Waals surface area contributed by atoms with Gasteiger partial charge in [-0.05, 0) is 0 Å². The molecule has 0 bridgehead atoms. The summed E-state index contributed by atoms with van der Waals surface area (Å²) in [6.07, 6.45) is 3.73. The van der Waals surface area contributed by atoms with Crippen molar-refractivity contribution in [3.63, 3.8) is 0 Å². The maximum absolute atomic E-state index is 5.25. The predicted octanol–water partition coefficient (Wildman–Crippen LogP) is -1.80. The van der Waals surface area contributed by atoms with Crippen LogP contribution >= 0.6 is 0 Å². The van der Waals surface area contributed by atoms with Crippen LogP contribution in [0.25, 0.3) is 0 Å². The van der Waals surface area contributed by atoms with E-state index < -0.39 is 0 Å². The van der Waals surface area contributed by atoms with Crippen LogP contribution in [0, 0.1) is 5.92 Å². The molecule has 9 heavy (non-hydrogen) atoms. The molecule has 0 heterocycles. The third kappa shape index (κ3) is 3.78. The van der Waals surface area contributed by atoms with Crippen LogP contribution in [0.5, 0.6) is 0 Å². The van der Waals surface area contributed by atoms with Crippen LogP contribution in [0.1, 0.15) is 13.8 Å². The molecular weight excluding hydrogens is 225 g/mol. The molecule has 1 nitrogen and oxygen atoms in total. The van der Waals surface area contributed by atoms with E-state index in [4.69, 9.17) is 5.73 Å². The van der Waals surface area contributed by atoms with Crippen LogP contribution in [-0.2, 0) is 0 Å². The van der Waals surface area contributed by atoms with Crippen molar-refractivity contribution in [2.24, 2.45) is 11.7 Å². The number of allylic oxidation sites excluding steroid dienone is 1. The van der Waals surface area contributed by atoms with Gasteiger partial charge in [-0.15, -0.1) is 0 Å². The minimum absolute atomic E-state index is 0.385. The third-order valence-electron chi connectivity index (χ3n) is 1.48. The average molecular weight is 240 g/mol. The Balaban J connectivity index is 3.58. The van der Waals surface area contributed by atoms with E-state index in [1.807, 2.05) is 0 Å². The fraction of sp³-hybridized carbons (Fsp3) is 0.714. The number of hydrogen-bond donors (Lipinski definition) is 1. The topological polar surface area (TPSA) is 26.0 Å². The van der Waals surface area contributed by atoms with Gasteiger partial charge >= 0.3 is 67.8 Å². The molecule has 0 spiro atoms. The van der Waals surface area contributed by atoms with E-state index in [1.54, 1.807) is 6.20 Å². The van der Waals surface area contributed by atoms with Gasteiger partial charge in [0.15, 0.2) is 0 Å². The number of alkyl halides is 2. The molecule has 0 rings (SSSR count). The first-order valence-electron chi connectivity index (χ1n) is 3.08. The molecule has 0 radical (unpaired) electrons. The Morgan fingerprint density at radius 3 is 2.33 bits per heavy atom. The second-order valence-corrected chi connectivity index (χ2v) is 5.35. The van der Waals surface area contributed by atoms with Gasteiger partial charge in [-0.25, -0.2) is 0 Å². The van der Waals surface area contributed by atoms with E-state index in [-0.39, 0.29) is 0 Å². The zero-order valence-electron chi connectivity index (χ0n) is 6.26. The van der Waals surface area contributed by atoms with Crippen molar-refractivity contribution in [2.75, 3.05) is 4.93 Å². The normalized spacial score (nSPS) is 18.6. The van der Waals surface area contributed by atoms with Crippen molar-refractivity contribution in [1.29, 1.82) is 0 Å². The first kappa shape index (κ1) is 9.27. The Morgan fingerprint density at radius 2 is 2.00 bits per heavy atom. The van der Waals surface area contributed by atoms with Gasteiger partial charge in [-0.1, -0.05) is 0 Å². The molecule has 2 unspecified atom stereocenters. The van der Waals surface area contributed by atoms with Crippen molar-refractivity contribution >= 4 is 0 Å². The molecule has 2 atom stereocenters. The summed E-state index contributed by atoms with van der Waals surface area (Å²) in [5.74, 6) is 0.674. The van der Waals surface area contributed by atoms with E-state index >= 15 is 0 Å². The maximum atomic E-state index is 5.25. The van der Waals surface area contributed by atoms with E-state index in [2.05, 4.69) is 24.9 Å². The molecular formula is C7H15IN-. The molecule has 2 N–H and O–H groups in total. The molecule has 0 aliphatic heterocycles. The van der Waals surface area contributed by atoms with Gasteiger partial charge in [0.2, 0.25) is 0 Å². The van der Waals surface area contributed by atoms with E-state index in [1.165, 1.54) is 0 Å². The Hall–Kier alpha value is 0.270. The summed E-state index contributed by atoms with van der Waals surface area (Å²) < 4.78 is 0.864. The monoisotopic (exact) mass is 240 g/mol. The molecule has 0 saturated heterocycles. The quantitative estimate of drug-likeness (QED) is 0.457. The second kappa shape index (κ2) is 5.09. The standard InChI is InChI=1S/C7H15IN/c1-6(4-5-9)7(2)8-3/h4-7H,9H2,1-3H3/q-1/b5-4+. The molecule has 0 aliphatic carbocycles. The van der Waals surface area contributed by atoms with Gasteiger partial charge in [0, 0.05) is 0 Å². The van der Waals surface area contributed by atoms with Crippen LogP contribution in [0.2, 0.25) is 0 Å². The molecule has 0 aliphatic rings. The van der Waals surface area contributed by atoms with Crippen molar-refractivity contribution < 1.29 is 21.2 Å². The fourth-order valence-corrected chi connectivity index (χ4v) is 1.90. The summed E-state index contributed by atoms with van der Waals surface area (Å²) >= 11 is 0.385. The molecule has 0 fully saturated rings. The van der Waals surface area contributed by atoms with E-state index in [9.17, 15) is 0 Å². The Bertz CT molecular complexity index is 90.9. The Labute approximate surface area is 68.0 Å². The number of hydrogen-bond acceptors (Lipinski definition) is 1. The number of rotatable bonds is 3. The first-order valence-corrected chi connectivity index (χ1v) is 6.49. The molecule has 0 amide bonds. The number of halogens is 1. The summed E-state index contributed by atoms with van der Waals surface area (Å²) in [7, 11) is 0. The van der Waals surface area contributed by atoms with Gasteiger partial charge in [-0.2, -0.15) is 0 Å². The number of nitrogens with two attached hydrogens (primary N) is 1. The van der Waals surface area contributed by atoms with Crippen LogP contribution in [0.4, 0.5) is 0 Å². The van der Waals surface area contributed by atoms with Crippen molar-refractivity contribution in [3.8, 4) is 0 Å². The van der Waals surface area contributed by atoms with Crippen molar-refractivity contribution in [3.05, 3.63) is 12.3 Å². The Morgan fingerprint density at radius 1 is 1.44 bits per heavy atom. The molecule has 2 heteroatoms. The van der Waals surface area contributed by atoms with Gasteiger partial charge in [0.1, 0.15) is 0 Å². The van der Waals surface area contributed by atoms with Crippen LogP contribution in [0.3, 0.4) is 0 Å². The minimum atomic E-state index is 0.385. The van der Waals surface area contributed by atoms with Crippen molar-refractivity contribution in [2.45, 2.75) is 17.8 Å². The molecule has 0 aromatic heterocycles. The average Bonchev–Trinajstić information content (AvgIpc) is 1.87.